The Morgan fingerprint density at radius 3 is 2.52 bits per heavy atom. The van der Waals surface area contributed by atoms with E-state index in [0.29, 0.717) is 31.7 Å². The van der Waals surface area contributed by atoms with Gasteiger partial charge in [-0.3, -0.25) is 10.3 Å². The summed E-state index contributed by atoms with van der Waals surface area (Å²) in [5.41, 5.74) is 4.96. The van der Waals surface area contributed by atoms with Crippen LogP contribution in [0.4, 0.5) is 4.79 Å². The molecule has 0 saturated carbocycles. The number of urea groups is 1. The molecule has 7 N–H and O–H groups in total. The van der Waals surface area contributed by atoms with Gasteiger partial charge in [-0.15, -0.1) is 0 Å². The van der Waals surface area contributed by atoms with Gasteiger partial charge in [-0.1, -0.05) is 6.42 Å². The number of hydrogen-bond donors (Lipinski definition) is 6. The predicted molar refractivity (Wildman–Crippen MR) is 110 cm³/mol. The van der Waals surface area contributed by atoms with Crippen LogP contribution in [0.2, 0.25) is 0 Å². The van der Waals surface area contributed by atoms with Crippen LogP contribution in [-0.2, 0) is 18.8 Å². The maximum Gasteiger partial charge on any atom is 0.315 e. The number of carbonyl (C=O) groups is 2. The largest absolute Gasteiger partial charge is 0.481 e. The first-order valence-electron chi connectivity index (χ1n) is 9.47. The second-order valence-electron chi connectivity index (χ2n) is 6.35. The summed E-state index contributed by atoms with van der Waals surface area (Å²) in [5, 5.41) is 23.1. The second-order valence-corrected chi connectivity index (χ2v) is 8.48. The number of fused-ring (bicyclic) bond motifs is 1. The van der Waals surface area contributed by atoms with Crippen LogP contribution in [0.25, 0.3) is 0 Å². The maximum atomic E-state index is 11.1. The van der Waals surface area contributed by atoms with Crippen LogP contribution in [-0.4, -0.2) is 89.8 Å². The average molecular weight is 457 g/mol. The van der Waals surface area contributed by atoms with Gasteiger partial charge in [0.05, 0.1) is 51.7 Å². The lowest BCUT2D eigenvalue weighted by atomic mass is 10.0. The number of thioether (sulfide) groups is 1. The zero-order valence-electron chi connectivity index (χ0n) is 16.3. The topological polar surface area (TPSA) is 173 Å². The van der Waals surface area contributed by atoms with Gasteiger partial charge in [-0.25, -0.2) is 4.79 Å². The van der Waals surface area contributed by atoms with Crippen molar-refractivity contribution in [1.29, 1.82) is 0 Å². The quantitative estimate of drug-likeness (QED) is 0.118. The number of nitrogens with one attached hydrogen (secondary N) is 2. The molecule has 2 fully saturated rings. The van der Waals surface area contributed by atoms with Crippen LogP contribution in [0.3, 0.4) is 0 Å². The second kappa shape index (κ2) is 16.0. The Labute approximate surface area is 176 Å². The number of carboxylic acids is 1. The molecular weight excluding hydrogens is 425 g/mol. The van der Waals surface area contributed by atoms with Crippen molar-refractivity contribution < 1.29 is 38.7 Å². The molecule has 0 aromatic carbocycles. The molecule has 4 atom stereocenters. The van der Waals surface area contributed by atoms with E-state index in [2.05, 4.69) is 15.2 Å². The third-order valence-electron chi connectivity index (χ3n) is 4.13. The van der Waals surface area contributed by atoms with Crippen LogP contribution in [0.5, 0.6) is 0 Å². The molecule has 0 aromatic rings. The molecule has 1 unspecified atom stereocenters. The molecule has 2 aliphatic heterocycles. The number of ether oxygens (including phenoxy) is 2. The first kappa shape index (κ1) is 26.3. The summed E-state index contributed by atoms with van der Waals surface area (Å²) in [6.07, 6.45) is 2.88. The number of nitrogens with two attached hydrogens (primary N) is 1. The number of aliphatic hydroxyl groups excluding tert-OH is 1. The summed E-state index contributed by atoms with van der Waals surface area (Å²) in [5.74, 6) is 0.236. The Morgan fingerprint density at radius 2 is 1.86 bits per heavy atom. The Bertz CT molecular complexity index is 477. The van der Waals surface area contributed by atoms with Crippen LogP contribution in [0, 0.1) is 0 Å². The average Bonchev–Trinajstić information content (AvgIpc) is 3.20. The monoisotopic (exact) mass is 457 g/mol. The zero-order valence-corrected chi connectivity index (χ0v) is 18.0. The summed E-state index contributed by atoms with van der Waals surface area (Å²) >= 11 is 1.87. The summed E-state index contributed by atoms with van der Waals surface area (Å²) in [7, 11) is -1.78. The Hall–Kier alpha value is -0.720. The molecule has 0 radical (unpaired) electrons. The third kappa shape index (κ3) is 12.5. The van der Waals surface area contributed by atoms with E-state index >= 15 is 0 Å². The first-order chi connectivity index (χ1) is 13.9. The van der Waals surface area contributed by atoms with Crippen molar-refractivity contribution in [3.8, 4) is 0 Å². The maximum absolute atomic E-state index is 11.1. The lowest BCUT2D eigenvalue weighted by molar-refractivity contribution is -0.137. The fourth-order valence-corrected chi connectivity index (χ4v) is 4.65. The molecule has 2 aliphatic rings. The molecule has 2 heterocycles. The minimum atomic E-state index is -1.78. The third-order valence-corrected chi connectivity index (χ3v) is 6.08. The molecule has 29 heavy (non-hydrogen) atoms. The zero-order chi connectivity index (χ0) is 21.5. The van der Waals surface area contributed by atoms with Crippen molar-refractivity contribution in [2.45, 2.75) is 43.0 Å². The summed E-state index contributed by atoms with van der Waals surface area (Å²) < 4.78 is 14.6. The van der Waals surface area contributed by atoms with Gasteiger partial charge in [0.2, 0.25) is 8.53 Å². The molecule has 0 bridgehead atoms. The molecule has 0 aliphatic carbocycles. The van der Waals surface area contributed by atoms with Crippen LogP contribution >= 0.6 is 20.3 Å². The van der Waals surface area contributed by atoms with Crippen LogP contribution < -0.4 is 16.1 Å². The summed E-state index contributed by atoms with van der Waals surface area (Å²) in [6.45, 7) is 1.88. The summed E-state index contributed by atoms with van der Waals surface area (Å²) in [6, 6.07) is 0.440. The minimum absolute atomic E-state index is 0.0189. The van der Waals surface area contributed by atoms with Gasteiger partial charge < -0.3 is 39.7 Å². The number of unbranched alkanes of at least 4 members (excludes halogenated alkanes) is 1. The van der Waals surface area contributed by atoms with E-state index in [4.69, 9.17) is 30.1 Å². The molecule has 2 rings (SSSR count). The SMILES string of the molecule is NP(O)OCCOCCOCCO.O=C(O)CCCC[C@@H]1SC[C@@H]2NC(=O)N[C@@H]21. The van der Waals surface area contributed by atoms with E-state index in [1.807, 2.05) is 11.8 Å². The van der Waals surface area contributed by atoms with E-state index in [-0.39, 0.29) is 37.7 Å². The predicted octanol–water partition coefficient (Wildman–Crippen LogP) is 0.00320. The van der Waals surface area contributed by atoms with Gasteiger partial charge >= 0.3 is 12.0 Å². The number of amides is 2. The molecule has 2 saturated heterocycles. The lowest BCUT2D eigenvalue weighted by Crippen LogP contribution is -2.36. The van der Waals surface area contributed by atoms with Crippen LogP contribution in [0.1, 0.15) is 25.7 Å². The van der Waals surface area contributed by atoms with Gasteiger partial charge in [0.1, 0.15) is 0 Å². The highest BCUT2D eigenvalue weighted by atomic mass is 32.2. The number of aliphatic hydroxyl groups is 1. The highest BCUT2D eigenvalue weighted by Gasteiger charge is 2.42. The normalized spacial score (nSPS) is 23.6. The molecule has 2 amide bonds. The van der Waals surface area contributed by atoms with E-state index in [1.54, 1.807) is 0 Å². The minimum Gasteiger partial charge on any atom is -0.481 e. The lowest BCUT2D eigenvalue weighted by Gasteiger charge is -2.16. The van der Waals surface area contributed by atoms with Gasteiger partial charge in [0.25, 0.3) is 0 Å². The number of carboxylic acid groups (broad SMARTS) is 1. The Morgan fingerprint density at radius 1 is 1.17 bits per heavy atom. The highest BCUT2D eigenvalue weighted by Crippen LogP contribution is 2.33. The molecule has 0 aromatic heterocycles. The van der Waals surface area contributed by atoms with Gasteiger partial charge in [0, 0.05) is 17.4 Å². The Kier molecular flexibility index (Phi) is 14.5. The molecule has 0 spiro atoms. The van der Waals surface area contributed by atoms with E-state index in [9.17, 15) is 9.59 Å². The fourth-order valence-electron chi connectivity index (χ4n) is 2.84. The highest BCUT2D eigenvalue weighted by molar-refractivity contribution is 8.00. The first-order valence-corrected chi connectivity index (χ1v) is 11.8. The molecule has 170 valence electrons. The molecular formula is C16H32N3O8PS. The van der Waals surface area contributed by atoms with Crippen LogP contribution in [0.15, 0.2) is 0 Å². The summed E-state index contributed by atoms with van der Waals surface area (Å²) in [4.78, 5) is 30.0. The van der Waals surface area contributed by atoms with Crippen molar-refractivity contribution >= 4 is 32.3 Å². The molecule has 11 nitrogen and oxygen atoms in total. The number of carbonyl (C=O) groups excluding carboxylic acids is 1. The van der Waals surface area contributed by atoms with Gasteiger partial charge in [-0.05, 0) is 12.8 Å². The number of hydrogen-bond acceptors (Lipinski definition) is 9. The number of rotatable bonds is 14. The van der Waals surface area contributed by atoms with Crippen molar-refractivity contribution in [3.05, 3.63) is 0 Å². The van der Waals surface area contributed by atoms with Crippen molar-refractivity contribution in [2.75, 3.05) is 45.4 Å². The van der Waals surface area contributed by atoms with E-state index in [0.717, 1.165) is 25.0 Å². The van der Waals surface area contributed by atoms with E-state index < -0.39 is 14.5 Å². The van der Waals surface area contributed by atoms with Gasteiger partial charge in [0.15, 0.2) is 0 Å². The van der Waals surface area contributed by atoms with Crippen molar-refractivity contribution in [2.24, 2.45) is 5.50 Å². The van der Waals surface area contributed by atoms with E-state index in [1.165, 1.54) is 0 Å². The van der Waals surface area contributed by atoms with Crippen molar-refractivity contribution in [3.63, 3.8) is 0 Å². The van der Waals surface area contributed by atoms with Crippen molar-refractivity contribution in [1.82, 2.24) is 10.6 Å². The Balaban J connectivity index is 0.000000298. The van der Waals surface area contributed by atoms with Gasteiger partial charge in [-0.2, -0.15) is 11.8 Å². The molecule has 13 heteroatoms. The standard InChI is InChI=1S/C10H16N2O3S.C6H16NO5P/c13-8(14)4-2-1-3-7-9-6(5-16-7)11-10(15)12-9;7-13(9)12-6-5-11-4-3-10-2-1-8/h6-7,9H,1-5H2,(H,13,14)(H2,11,12,15);8-9H,1-7H2/t6-,7-,9-;/m0./s1. The number of aliphatic carboxylic acids is 1. The smallest absolute Gasteiger partial charge is 0.315 e. The fraction of sp³-hybridized carbons (Fsp3) is 0.875.